The van der Waals surface area contributed by atoms with E-state index in [2.05, 4.69) is 31.0 Å². The number of benzene rings is 1. The Balaban J connectivity index is 2.10. The number of nitrogens with one attached hydrogen (secondary N) is 1. The molecule has 4 heteroatoms. The van der Waals surface area contributed by atoms with Gasteiger partial charge in [0, 0.05) is 30.4 Å². The van der Waals surface area contributed by atoms with Gasteiger partial charge in [-0.1, -0.05) is 19.9 Å². The minimum Gasteiger partial charge on any atom is -0.467 e. The van der Waals surface area contributed by atoms with Gasteiger partial charge in [0.2, 0.25) is 0 Å². The predicted molar refractivity (Wildman–Crippen MR) is 83.8 cm³/mol. The molecule has 1 heterocycles. The topological polar surface area (TPSA) is 28.4 Å². The van der Waals surface area contributed by atoms with Crippen LogP contribution in [-0.4, -0.2) is 12.6 Å². The molecule has 2 aromatic rings. The van der Waals surface area contributed by atoms with Crippen LogP contribution in [0.15, 0.2) is 41.0 Å². The highest BCUT2D eigenvalue weighted by Gasteiger charge is 2.12. The monoisotopic (exact) mass is 290 g/mol. The van der Waals surface area contributed by atoms with E-state index in [0.717, 1.165) is 30.1 Å². The van der Waals surface area contributed by atoms with Gasteiger partial charge in [0.1, 0.15) is 11.6 Å². The third-order valence-electron chi connectivity index (χ3n) is 3.43. The molecule has 0 fully saturated rings. The van der Waals surface area contributed by atoms with Gasteiger partial charge in [-0.25, -0.2) is 4.39 Å². The molecule has 114 valence electrons. The minimum absolute atomic E-state index is 0.216. The number of halogens is 1. The molecule has 0 saturated heterocycles. The van der Waals surface area contributed by atoms with E-state index in [-0.39, 0.29) is 5.82 Å². The zero-order valence-corrected chi connectivity index (χ0v) is 12.9. The minimum atomic E-state index is -0.216. The maximum atomic E-state index is 13.4. The molecule has 0 saturated carbocycles. The first kappa shape index (κ1) is 15.6. The van der Waals surface area contributed by atoms with Gasteiger partial charge in [0.15, 0.2) is 0 Å². The second kappa shape index (κ2) is 7.27. The largest absolute Gasteiger partial charge is 0.467 e. The highest BCUT2D eigenvalue weighted by atomic mass is 19.1. The Labute approximate surface area is 125 Å². The average Bonchev–Trinajstić information content (AvgIpc) is 2.89. The van der Waals surface area contributed by atoms with Crippen LogP contribution in [0, 0.1) is 5.82 Å². The molecule has 3 nitrogen and oxygen atoms in total. The van der Waals surface area contributed by atoms with Crippen LogP contribution in [0.3, 0.4) is 0 Å². The zero-order valence-electron chi connectivity index (χ0n) is 12.9. The fourth-order valence-corrected chi connectivity index (χ4v) is 2.21. The van der Waals surface area contributed by atoms with Crippen molar-refractivity contribution in [2.24, 2.45) is 0 Å². The maximum absolute atomic E-state index is 13.4. The first-order chi connectivity index (χ1) is 10.1. The van der Waals surface area contributed by atoms with Crippen LogP contribution < -0.4 is 10.2 Å². The Kier molecular flexibility index (Phi) is 5.39. The van der Waals surface area contributed by atoms with Crippen molar-refractivity contribution in [3.63, 3.8) is 0 Å². The van der Waals surface area contributed by atoms with Gasteiger partial charge >= 0.3 is 0 Å². The van der Waals surface area contributed by atoms with Crippen LogP contribution in [-0.2, 0) is 13.1 Å². The summed E-state index contributed by atoms with van der Waals surface area (Å²) in [7, 11) is 0. The Hall–Kier alpha value is -1.81. The molecular weight excluding hydrogens is 267 g/mol. The van der Waals surface area contributed by atoms with Crippen molar-refractivity contribution in [1.29, 1.82) is 0 Å². The summed E-state index contributed by atoms with van der Waals surface area (Å²) in [4.78, 5) is 2.10. The molecular formula is C17H23FN2O. The molecule has 0 amide bonds. The van der Waals surface area contributed by atoms with E-state index in [1.165, 1.54) is 6.07 Å². The van der Waals surface area contributed by atoms with Crippen LogP contribution in [0.5, 0.6) is 0 Å². The Morgan fingerprint density at radius 1 is 1.29 bits per heavy atom. The summed E-state index contributed by atoms with van der Waals surface area (Å²) in [6.45, 7) is 8.50. The van der Waals surface area contributed by atoms with Gasteiger partial charge in [-0.2, -0.15) is 0 Å². The van der Waals surface area contributed by atoms with E-state index >= 15 is 0 Å². The van der Waals surface area contributed by atoms with Crippen molar-refractivity contribution in [2.45, 2.75) is 39.9 Å². The van der Waals surface area contributed by atoms with Crippen molar-refractivity contribution in [1.82, 2.24) is 5.32 Å². The molecule has 0 spiro atoms. The Morgan fingerprint density at radius 2 is 2.10 bits per heavy atom. The number of furan rings is 1. The van der Waals surface area contributed by atoms with E-state index < -0.39 is 0 Å². The third-order valence-corrected chi connectivity index (χ3v) is 3.43. The number of nitrogens with zero attached hydrogens (tertiary/aromatic N) is 1. The summed E-state index contributed by atoms with van der Waals surface area (Å²) >= 11 is 0. The van der Waals surface area contributed by atoms with Crippen LogP contribution in [0.2, 0.25) is 0 Å². The normalized spacial score (nSPS) is 11.1. The molecule has 0 atom stereocenters. The van der Waals surface area contributed by atoms with Crippen LogP contribution >= 0.6 is 0 Å². The molecule has 0 aliphatic rings. The van der Waals surface area contributed by atoms with Gasteiger partial charge in [-0.05, 0) is 31.2 Å². The average molecular weight is 290 g/mol. The summed E-state index contributed by atoms with van der Waals surface area (Å²) < 4.78 is 19.0. The standard InChI is InChI=1S/C17H23FN2O/c1-4-20(16-7-5-6-15(18)10-16)12-17-14(8-9-21-17)11-19-13(2)3/h5-10,13,19H,4,11-12H2,1-3H3. The maximum Gasteiger partial charge on any atom is 0.127 e. The molecule has 1 aromatic heterocycles. The number of anilines is 1. The van der Waals surface area contributed by atoms with E-state index in [9.17, 15) is 4.39 Å². The zero-order chi connectivity index (χ0) is 15.2. The van der Waals surface area contributed by atoms with Crippen molar-refractivity contribution in [3.8, 4) is 0 Å². The van der Waals surface area contributed by atoms with Gasteiger partial charge in [0.25, 0.3) is 0 Å². The molecule has 0 bridgehead atoms. The van der Waals surface area contributed by atoms with Crippen molar-refractivity contribution in [3.05, 3.63) is 53.7 Å². The van der Waals surface area contributed by atoms with Gasteiger partial charge in [0.05, 0.1) is 12.8 Å². The number of hydrogen-bond acceptors (Lipinski definition) is 3. The van der Waals surface area contributed by atoms with Gasteiger partial charge < -0.3 is 14.6 Å². The van der Waals surface area contributed by atoms with Crippen LogP contribution in [0.4, 0.5) is 10.1 Å². The molecule has 1 aromatic carbocycles. The summed E-state index contributed by atoms with van der Waals surface area (Å²) in [5.74, 6) is 0.710. The Morgan fingerprint density at radius 3 is 2.76 bits per heavy atom. The van der Waals surface area contributed by atoms with E-state index in [0.29, 0.717) is 12.6 Å². The lowest BCUT2D eigenvalue weighted by Gasteiger charge is -2.22. The highest BCUT2D eigenvalue weighted by Crippen LogP contribution is 2.20. The summed E-state index contributed by atoms with van der Waals surface area (Å²) in [5, 5.41) is 3.39. The SMILES string of the molecule is CCN(Cc1occc1CNC(C)C)c1cccc(F)c1. The first-order valence-corrected chi connectivity index (χ1v) is 7.39. The van der Waals surface area contributed by atoms with Crippen LogP contribution in [0.25, 0.3) is 0 Å². The lowest BCUT2D eigenvalue weighted by molar-refractivity contribution is 0.492. The van der Waals surface area contributed by atoms with Crippen molar-refractivity contribution in [2.75, 3.05) is 11.4 Å². The smallest absolute Gasteiger partial charge is 0.127 e. The summed E-state index contributed by atoms with van der Waals surface area (Å²) in [6.07, 6.45) is 1.71. The molecule has 0 aliphatic heterocycles. The molecule has 1 N–H and O–H groups in total. The fraction of sp³-hybridized carbons (Fsp3) is 0.412. The molecule has 0 unspecified atom stereocenters. The lowest BCUT2D eigenvalue weighted by atomic mass is 10.2. The number of rotatable bonds is 7. The van der Waals surface area contributed by atoms with E-state index in [4.69, 9.17) is 4.42 Å². The van der Waals surface area contributed by atoms with Crippen molar-refractivity contribution < 1.29 is 8.81 Å². The predicted octanol–water partition coefficient (Wildman–Crippen LogP) is 3.94. The second-order valence-corrected chi connectivity index (χ2v) is 5.40. The lowest BCUT2D eigenvalue weighted by Crippen LogP contribution is -2.25. The fourth-order valence-electron chi connectivity index (χ4n) is 2.21. The third kappa shape index (κ3) is 4.33. The molecule has 0 aliphatic carbocycles. The van der Waals surface area contributed by atoms with E-state index in [1.54, 1.807) is 18.4 Å². The summed E-state index contributed by atoms with van der Waals surface area (Å²) in [6, 6.07) is 9.08. The quantitative estimate of drug-likeness (QED) is 0.837. The summed E-state index contributed by atoms with van der Waals surface area (Å²) in [5.41, 5.74) is 2.02. The highest BCUT2D eigenvalue weighted by molar-refractivity contribution is 5.46. The van der Waals surface area contributed by atoms with E-state index in [1.807, 2.05) is 12.1 Å². The number of hydrogen-bond donors (Lipinski definition) is 1. The molecule has 2 rings (SSSR count). The molecule has 0 radical (unpaired) electrons. The molecule has 21 heavy (non-hydrogen) atoms. The van der Waals surface area contributed by atoms with Crippen molar-refractivity contribution >= 4 is 5.69 Å². The van der Waals surface area contributed by atoms with Gasteiger partial charge in [-0.15, -0.1) is 0 Å². The van der Waals surface area contributed by atoms with Crippen LogP contribution in [0.1, 0.15) is 32.1 Å². The second-order valence-electron chi connectivity index (χ2n) is 5.40. The first-order valence-electron chi connectivity index (χ1n) is 7.39. The van der Waals surface area contributed by atoms with Gasteiger partial charge in [-0.3, -0.25) is 0 Å². The Bertz CT molecular complexity index is 565.